The van der Waals surface area contributed by atoms with Crippen molar-refractivity contribution in [2.24, 2.45) is 5.84 Å². The standard InChI is InChI=1S/C14H22N4O3/c1-14(2,3)21-13(20)16-9-11(12(19)18-15)17-10-7-5-4-6-8-10/h4-8,11,17H,9,15H2,1-3H3,(H,16,20)(H,18,19)/t11-/m0/s1. The van der Waals surface area contributed by atoms with Gasteiger partial charge in [0, 0.05) is 5.69 Å². The predicted molar refractivity (Wildman–Crippen MR) is 80.4 cm³/mol. The third kappa shape index (κ3) is 6.62. The van der Waals surface area contributed by atoms with Crippen molar-refractivity contribution in [1.29, 1.82) is 0 Å². The number of nitrogens with one attached hydrogen (secondary N) is 3. The Morgan fingerprint density at radius 1 is 1.24 bits per heavy atom. The third-order valence-electron chi connectivity index (χ3n) is 2.42. The number of benzene rings is 1. The summed E-state index contributed by atoms with van der Waals surface area (Å²) in [5.41, 5.74) is 2.22. The van der Waals surface area contributed by atoms with Crippen LogP contribution in [0.2, 0.25) is 0 Å². The highest BCUT2D eigenvalue weighted by Crippen LogP contribution is 2.08. The van der Waals surface area contributed by atoms with Crippen LogP contribution < -0.4 is 21.9 Å². The SMILES string of the molecule is CC(C)(C)OC(=O)NC[C@H](Nc1ccccc1)C(=O)NN. The minimum Gasteiger partial charge on any atom is -0.444 e. The van der Waals surface area contributed by atoms with E-state index in [2.05, 4.69) is 16.1 Å². The molecule has 0 aliphatic heterocycles. The third-order valence-corrected chi connectivity index (χ3v) is 2.42. The maximum atomic E-state index is 11.7. The molecule has 0 fully saturated rings. The maximum absolute atomic E-state index is 11.7. The molecule has 0 aliphatic carbocycles. The molecular formula is C14H22N4O3. The summed E-state index contributed by atoms with van der Waals surface area (Å²) in [4.78, 5) is 23.3. The van der Waals surface area contributed by atoms with Gasteiger partial charge in [0.25, 0.3) is 5.91 Å². The topological polar surface area (TPSA) is 105 Å². The molecule has 0 saturated carbocycles. The Hall–Kier alpha value is -2.28. The van der Waals surface area contributed by atoms with Gasteiger partial charge >= 0.3 is 6.09 Å². The Morgan fingerprint density at radius 2 is 1.86 bits per heavy atom. The lowest BCUT2D eigenvalue weighted by atomic mass is 10.2. The lowest BCUT2D eigenvalue weighted by molar-refractivity contribution is -0.121. The first-order valence-electron chi connectivity index (χ1n) is 6.61. The number of carbonyl (C=O) groups excluding carboxylic acids is 2. The van der Waals surface area contributed by atoms with E-state index in [-0.39, 0.29) is 6.54 Å². The number of hydrogen-bond donors (Lipinski definition) is 4. The van der Waals surface area contributed by atoms with Gasteiger partial charge in [0.05, 0.1) is 6.54 Å². The van der Waals surface area contributed by atoms with Crippen molar-refractivity contribution >= 4 is 17.7 Å². The fourth-order valence-electron chi connectivity index (χ4n) is 1.55. The average molecular weight is 294 g/mol. The minimum absolute atomic E-state index is 0.0485. The zero-order chi connectivity index (χ0) is 15.9. The van der Waals surface area contributed by atoms with Crippen molar-refractivity contribution in [2.45, 2.75) is 32.4 Å². The Bertz CT molecular complexity index is 471. The quantitative estimate of drug-likeness (QED) is 0.368. The number of para-hydroxylation sites is 1. The van der Waals surface area contributed by atoms with Crippen LogP contribution in [0.4, 0.5) is 10.5 Å². The highest BCUT2D eigenvalue weighted by atomic mass is 16.6. The second kappa shape index (κ2) is 7.49. The molecule has 1 aromatic rings. The normalized spacial score (nSPS) is 12.2. The van der Waals surface area contributed by atoms with Gasteiger partial charge in [-0.05, 0) is 32.9 Å². The molecule has 7 nitrogen and oxygen atoms in total. The molecule has 0 bridgehead atoms. The van der Waals surface area contributed by atoms with Crippen molar-refractivity contribution in [2.75, 3.05) is 11.9 Å². The number of nitrogens with two attached hydrogens (primary N) is 1. The molecule has 1 aromatic carbocycles. The fourth-order valence-corrected chi connectivity index (χ4v) is 1.55. The van der Waals surface area contributed by atoms with E-state index >= 15 is 0 Å². The van der Waals surface area contributed by atoms with Gasteiger partial charge < -0.3 is 15.4 Å². The fraction of sp³-hybridized carbons (Fsp3) is 0.429. The Labute approximate surface area is 124 Å². The lowest BCUT2D eigenvalue weighted by Crippen LogP contribution is -2.49. The minimum atomic E-state index is -0.704. The van der Waals surface area contributed by atoms with Crippen LogP contribution in [0.25, 0.3) is 0 Å². The molecule has 1 rings (SSSR count). The van der Waals surface area contributed by atoms with E-state index in [9.17, 15) is 9.59 Å². The van der Waals surface area contributed by atoms with Gasteiger partial charge in [-0.2, -0.15) is 0 Å². The van der Waals surface area contributed by atoms with E-state index in [4.69, 9.17) is 10.6 Å². The van der Waals surface area contributed by atoms with Gasteiger partial charge in [0.15, 0.2) is 0 Å². The number of hydrazine groups is 1. The van der Waals surface area contributed by atoms with Crippen molar-refractivity contribution in [3.05, 3.63) is 30.3 Å². The van der Waals surface area contributed by atoms with Gasteiger partial charge in [0.2, 0.25) is 0 Å². The van der Waals surface area contributed by atoms with Crippen molar-refractivity contribution in [3.8, 4) is 0 Å². The molecule has 1 atom stereocenters. The van der Waals surface area contributed by atoms with Crippen LogP contribution in [0.5, 0.6) is 0 Å². The van der Waals surface area contributed by atoms with Crippen LogP contribution >= 0.6 is 0 Å². The maximum Gasteiger partial charge on any atom is 0.407 e. The number of rotatable bonds is 5. The molecule has 0 saturated heterocycles. The monoisotopic (exact) mass is 294 g/mol. The zero-order valence-corrected chi connectivity index (χ0v) is 12.5. The lowest BCUT2D eigenvalue weighted by Gasteiger charge is -2.22. The van der Waals surface area contributed by atoms with Crippen LogP contribution in [-0.2, 0) is 9.53 Å². The van der Waals surface area contributed by atoms with E-state index in [0.717, 1.165) is 5.69 Å². The highest BCUT2D eigenvalue weighted by molar-refractivity contribution is 5.85. The molecule has 116 valence electrons. The summed E-state index contributed by atoms with van der Waals surface area (Å²) < 4.78 is 5.11. The van der Waals surface area contributed by atoms with Crippen molar-refractivity contribution in [3.63, 3.8) is 0 Å². The average Bonchev–Trinajstić information content (AvgIpc) is 2.41. The number of alkyl carbamates (subject to hydrolysis) is 1. The zero-order valence-electron chi connectivity index (χ0n) is 12.5. The molecule has 0 aromatic heterocycles. The number of ether oxygens (including phenoxy) is 1. The molecule has 7 heteroatoms. The second-order valence-electron chi connectivity index (χ2n) is 5.45. The molecular weight excluding hydrogens is 272 g/mol. The van der Waals surface area contributed by atoms with Gasteiger partial charge in [-0.3, -0.25) is 10.2 Å². The first kappa shape index (κ1) is 16.8. The first-order valence-corrected chi connectivity index (χ1v) is 6.61. The Balaban J connectivity index is 2.59. The van der Waals surface area contributed by atoms with E-state index in [0.29, 0.717) is 0 Å². The largest absolute Gasteiger partial charge is 0.444 e. The molecule has 0 spiro atoms. The van der Waals surface area contributed by atoms with Gasteiger partial charge in [-0.15, -0.1) is 0 Å². The molecule has 5 N–H and O–H groups in total. The van der Waals surface area contributed by atoms with Gasteiger partial charge in [-0.25, -0.2) is 10.6 Å². The van der Waals surface area contributed by atoms with Crippen LogP contribution in [-0.4, -0.2) is 30.2 Å². The molecule has 0 radical (unpaired) electrons. The molecule has 2 amide bonds. The van der Waals surface area contributed by atoms with E-state index in [1.807, 2.05) is 30.3 Å². The summed E-state index contributed by atoms with van der Waals surface area (Å²) in [6.07, 6.45) is -0.591. The van der Waals surface area contributed by atoms with Crippen LogP contribution in [0.3, 0.4) is 0 Å². The van der Waals surface area contributed by atoms with E-state index < -0.39 is 23.6 Å². The van der Waals surface area contributed by atoms with Crippen LogP contribution in [0.15, 0.2) is 30.3 Å². The highest BCUT2D eigenvalue weighted by Gasteiger charge is 2.21. The number of anilines is 1. The summed E-state index contributed by atoms with van der Waals surface area (Å²) in [5, 5.41) is 5.52. The Morgan fingerprint density at radius 3 is 2.38 bits per heavy atom. The predicted octanol–water partition coefficient (Wildman–Crippen LogP) is 0.982. The Kier molecular flexibility index (Phi) is 5.98. The summed E-state index contributed by atoms with van der Waals surface area (Å²) in [6.45, 7) is 5.34. The van der Waals surface area contributed by atoms with Crippen molar-refractivity contribution in [1.82, 2.24) is 10.7 Å². The van der Waals surface area contributed by atoms with E-state index in [1.54, 1.807) is 20.8 Å². The smallest absolute Gasteiger partial charge is 0.407 e. The number of hydrogen-bond acceptors (Lipinski definition) is 5. The summed E-state index contributed by atoms with van der Waals surface area (Å²) in [5.74, 6) is 4.72. The molecule has 21 heavy (non-hydrogen) atoms. The number of carbonyl (C=O) groups is 2. The summed E-state index contributed by atoms with van der Waals surface area (Å²) >= 11 is 0. The van der Waals surface area contributed by atoms with E-state index in [1.165, 1.54) is 0 Å². The summed E-state index contributed by atoms with van der Waals surface area (Å²) in [6, 6.07) is 8.45. The van der Waals surface area contributed by atoms with Crippen molar-refractivity contribution < 1.29 is 14.3 Å². The van der Waals surface area contributed by atoms with Crippen LogP contribution in [0.1, 0.15) is 20.8 Å². The number of amides is 2. The molecule has 0 unspecified atom stereocenters. The van der Waals surface area contributed by atoms with Gasteiger partial charge in [0.1, 0.15) is 11.6 Å². The molecule has 0 aliphatic rings. The van der Waals surface area contributed by atoms with Gasteiger partial charge in [-0.1, -0.05) is 18.2 Å². The van der Waals surface area contributed by atoms with Crippen LogP contribution in [0, 0.1) is 0 Å². The first-order chi connectivity index (χ1) is 9.81. The molecule has 0 heterocycles. The second-order valence-corrected chi connectivity index (χ2v) is 5.45. The summed E-state index contributed by atoms with van der Waals surface area (Å²) in [7, 11) is 0.